The molecule has 11 nitrogen and oxygen atoms in total. The maximum Gasteiger partial charge on any atom is 0.346 e. The van der Waals surface area contributed by atoms with Crippen LogP contribution in [0.15, 0.2) is 60.9 Å². The molecular weight excluding hydrogens is 545 g/mol. The predicted molar refractivity (Wildman–Crippen MR) is 146 cm³/mol. The van der Waals surface area contributed by atoms with E-state index >= 15 is 0 Å². The van der Waals surface area contributed by atoms with Crippen LogP contribution >= 0.6 is 11.6 Å². The highest BCUT2D eigenvalue weighted by atomic mass is 35.5. The number of carbonyl (C=O) groups excluding carboxylic acids is 1. The second-order valence-corrected chi connectivity index (χ2v) is 8.87. The fraction of sp³-hybridized carbons (Fsp3) is 0.296. The Morgan fingerprint density at radius 2 is 1.73 bits per heavy atom. The van der Waals surface area contributed by atoms with Gasteiger partial charge in [-0.15, -0.1) is 0 Å². The number of nitrogen functional groups attached to an aromatic ring is 1. The zero-order valence-electron chi connectivity index (χ0n) is 22.0. The molecule has 0 aliphatic rings. The van der Waals surface area contributed by atoms with Crippen LogP contribution in [0.1, 0.15) is 18.3 Å². The van der Waals surface area contributed by atoms with E-state index in [1.54, 1.807) is 0 Å². The standard InChI is InChI=1S/C14H17ClFN5O6.C13H12/c1-25-6(4-27-9(12(22)23)13(24)26-2)3-7(16)21-5-18-8-10(17)19-14(15)20-11(8)21;1-11-7-9-13(10-8-11)12-5-3-2-4-6-12/h5-7,9H,3-4H2,1-2H3,(H,22,23)(H2,17,19,20);2-10H,1H3. The highest BCUT2D eigenvalue weighted by molar-refractivity contribution is 6.28. The Morgan fingerprint density at radius 1 is 1.07 bits per heavy atom. The Kier molecular flexibility index (Phi) is 10.9. The first kappa shape index (κ1) is 30.4. The maximum absolute atomic E-state index is 14.7. The molecule has 0 fully saturated rings. The van der Waals surface area contributed by atoms with Crippen molar-refractivity contribution in [1.82, 2.24) is 19.5 Å². The topological polar surface area (TPSA) is 152 Å². The lowest BCUT2D eigenvalue weighted by Crippen LogP contribution is -2.36. The van der Waals surface area contributed by atoms with Crippen molar-refractivity contribution in [3.8, 4) is 11.1 Å². The molecule has 4 aromatic rings. The Morgan fingerprint density at radius 3 is 2.33 bits per heavy atom. The predicted octanol–water partition coefficient (Wildman–Crippen LogP) is 4.24. The number of anilines is 1. The lowest BCUT2D eigenvalue weighted by molar-refractivity contribution is -0.170. The lowest BCUT2D eigenvalue weighted by atomic mass is 10.0. The molecule has 0 amide bonds. The van der Waals surface area contributed by atoms with Gasteiger partial charge in [-0.2, -0.15) is 9.97 Å². The number of carboxylic acid groups (broad SMARTS) is 1. The van der Waals surface area contributed by atoms with Crippen LogP contribution in [0, 0.1) is 6.92 Å². The summed E-state index contributed by atoms with van der Waals surface area (Å²) in [7, 11) is 2.31. The molecule has 3 atom stereocenters. The van der Waals surface area contributed by atoms with Gasteiger partial charge in [0, 0.05) is 13.5 Å². The van der Waals surface area contributed by atoms with Gasteiger partial charge in [-0.25, -0.2) is 19.0 Å². The third-order valence-corrected chi connectivity index (χ3v) is 5.93. The zero-order chi connectivity index (χ0) is 29.2. The largest absolute Gasteiger partial charge is 0.479 e. The van der Waals surface area contributed by atoms with E-state index < -0.39 is 30.4 Å². The smallest absolute Gasteiger partial charge is 0.346 e. The number of halogens is 2. The Hall–Kier alpha value is -4.13. The lowest BCUT2D eigenvalue weighted by Gasteiger charge is -2.20. The molecule has 0 radical (unpaired) electrons. The van der Waals surface area contributed by atoms with Crippen LogP contribution in [0.4, 0.5) is 10.2 Å². The number of nitrogens with two attached hydrogens (primary N) is 1. The quantitative estimate of drug-likeness (QED) is 0.160. The van der Waals surface area contributed by atoms with Crippen molar-refractivity contribution in [3.05, 3.63) is 71.8 Å². The Balaban J connectivity index is 0.000000281. The van der Waals surface area contributed by atoms with Crippen molar-refractivity contribution >= 4 is 40.5 Å². The van der Waals surface area contributed by atoms with Crippen LogP contribution in [-0.2, 0) is 23.8 Å². The molecule has 212 valence electrons. The fourth-order valence-electron chi connectivity index (χ4n) is 3.61. The van der Waals surface area contributed by atoms with Crippen molar-refractivity contribution in [2.24, 2.45) is 0 Å². The van der Waals surface area contributed by atoms with Gasteiger partial charge in [0.25, 0.3) is 6.10 Å². The number of aromatic nitrogens is 4. The van der Waals surface area contributed by atoms with E-state index in [1.165, 1.54) is 30.1 Å². The van der Waals surface area contributed by atoms with Gasteiger partial charge >= 0.3 is 11.9 Å². The summed E-state index contributed by atoms with van der Waals surface area (Å²) in [4.78, 5) is 34.0. The van der Waals surface area contributed by atoms with Crippen LogP contribution in [0.2, 0.25) is 5.28 Å². The van der Waals surface area contributed by atoms with E-state index in [0.29, 0.717) is 0 Å². The van der Waals surface area contributed by atoms with E-state index in [0.717, 1.165) is 11.7 Å². The van der Waals surface area contributed by atoms with Crippen LogP contribution in [0.5, 0.6) is 0 Å². The van der Waals surface area contributed by atoms with Gasteiger partial charge in [-0.1, -0.05) is 60.2 Å². The average Bonchev–Trinajstić information content (AvgIpc) is 3.37. The fourth-order valence-corrected chi connectivity index (χ4v) is 3.78. The first-order valence-corrected chi connectivity index (χ1v) is 12.4. The number of fused-ring (bicyclic) bond motifs is 1. The van der Waals surface area contributed by atoms with Crippen molar-refractivity contribution in [2.75, 3.05) is 26.6 Å². The third kappa shape index (κ3) is 7.94. The molecule has 3 unspecified atom stereocenters. The van der Waals surface area contributed by atoms with Gasteiger partial charge in [0.2, 0.25) is 5.28 Å². The number of alkyl halides is 1. The molecular formula is C27H29ClFN5O6. The maximum atomic E-state index is 14.7. The summed E-state index contributed by atoms with van der Waals surface area (Å²) in [5, 5.41) is 8.81. The van der Waals surface area contributed by atoms with E-state index in [1.807, 2.05) is 6.07 Å². The molecule has 3 N–H and O–H groups in total. The van der Waals surface area contributed by atoms with Gasteiger partial charge in [0.05, 0.1) is 26.1 Å². The summed E-state index contributed by atoms with van der Waals surface area (Å²) in [5.74, 6) is -2.61. The third-order valence-electron chi connectivity index (χ3n) is 5.76. The number of benzene rings is 2. The molecule has 0 saturated carbocycles. The number of nitrogens with zero attached hydrogens (tertiary/aromatic N) is 4. The number of esters is 1. The van der Waals surface area contributed by atoms with Crippen molar-refractivity contribution < 1.29 is 33.3 Å². The molecule has 13 heteroatoms. The summed E-state index contributed by atoms with van der Waals surface area (Å²) < 4.78 is 30.3. The van der Waals surface area contributed by atoms with Gasteiger partial charge < -0.3 is 25.1 Å². The molecule has 0 aliphatic heterocycles. The first-order valence-electron chi connectivity index (χ1n) is 12.0. The van der Waals surface area contributed by atoms with Crippen LogP contribution < -0.4 is 5.73 Å². The minimum Gasteiger partial charge on any atom is -0.479 e. The Bertz CT molecular complexity index is 1420. The number of carbonyl (C=O) groups is 2. The second-order valence-electron chi connectivity index (χ2n) is 8.54. The van der Waals surface area contributed by atoms with Gasteiger partial charge in [-0.05, 0) is 29.7 Å². The highest BCUT2D eigenvalue weighted by Crippen LogP contribution is 2.25. The van der Waals surface area contributed by atoms with Gasteiger partial charge in [0.15, 0.2) is 17.8 Å². The summed E-state index contributed by atoms with van der Waals surface area (Å²) in [6.45, 7) is 1.74. The minimum atomic E-state index is -1.84. The van der Waals surface area contributed by atoms with Crippen LogP contribution in [-0.4, -0.2) is 69.6 Å². The van der Waals surface area contributed by atoms with Gasteiger partial charge in [-0.3, -0.25) is 4.57 Å². The summed E-state index contributed by atoms with van der Waals surface area (Å²) in [5.41, 5.74) is 9.82. The number of rotatable bonds is 10. The van der Waals surface area contributed by atoms with Crippen molar-refractivity contribution in [3.63, 3.8) is 0 Å². The number of aliphatic carboxylic acids is 1. The molecule has 2 aromatic heterocycles. The SMILES string of the molecule is COC(=O)C(OCC(CC(F)n1cnc2c(N)nc(Cl)nc21)OC)C(=O)O.Cc1ccc(-c2ccccc2)cc1. The molecule has 0 aliphatic carbocycles. The number of aryl methyl sites for hydroxylation is 1. The Labute approximate surface area is 234 Å². The molecule has 0 saturated heterocycles. The minimum absolute atomic E-state index is 0.00459. The summed E-state index contributed by atoms with van der Waals surface area (Å²) >= 11 is 5.74. The number of methoxy groups -OCH3 is 2. The zero-order valence-corrected chi connectivity index (χ0v) is 22.8. The highest BCUT2D eigenvalue weighted by Gasteiger charge is 2.30. The summed E-state index contributed by atoms with van der Waals surface area (Å²) in [6.07, 6.45) is -3.46. The number of hydrogen-bond donors (Lipinski definition) is 2. The average molecular weight is 574 g/mol. The van der Waals surface area contributed by atoms with E-state index in [4.69, 9.17) is 31.9 Å². The monoisotopic (exact) mass is 573 g/mol. The molecule has 0 bridgehead atoms. The van der Waals surface area contributed by atoms with Gasteiger partial charge in [0.1, 0.15) is 5.52 Å². The number of hydrogen-bond acceptors (Lipinski definition) is 9. The van der Waals surface area contributed by atoms with E-state index in [9.17, 15) is 14.0 Å². The first-order chi connectivity index (χ1) is 19.1. The molecule has 4 rings (SSSR count). The van der Waals surface area contributed by atoms with Crippen molar-refractivity contribution in [2.45, 2.75) is 31.8 Å². The van der Waals surface area contributed by atoms with E-state index in [2.05, 4.69) is 75.1 Å². The second kappa shape index (κ2) is 14.3. The van der Waals surface area contributed by atoms with E-state index in [-0.39, 0.29) is 35.3 Å². The van der Waals surface area contributed by atoms with Crippen LogP contribution in [0.3, 0.4) is 0 Å². The molecule has 2 heterocycles. The number of carboxylic acids is 1. The van der Waals surface area contributed by atoms with Crippen molar-refractivity contribution in [1.29, 1.82) is 0 Å². The molecule has 40 heavy (non-hydrogen) atoms. The molecule has 0 spiro atoms. The summed E-state index contributed by atoms with van der Waals surface area (Å²) in [6, 6.07) is 19.0. The number of ether oxygens (including phenoxy) is 3. The van der Waals surface area contributed by atoms with Crippen LogP contribution in [0.25, 0.3) is 22.3 Å². The number of imidazole rings is 1. The normalized spacial score (nSPS) is 13.1. The molecule has 2 aromatic carbocycles.